The van der Waals surface area contributed by atoms with E-state index in [1.165, 1.54) is 0 Å². The van der Waals surface area contributed by atoms with E-state index in [0.29, 0.717) is 17.9 Å². The van der Waals surface area contributed by atoms with Crippen molar-refractivity contribution in [2.75, 3.05) is 18.4 Å². The van der Waals surface area contributed by atoms with E-state index < -0.39 is 5.60 Å². The van der Waals surface area contributed by atoms with Crippen LogP contribution in [0.1, 0.15) is 33.6 Å². The Labute approximate surface area is 143 Å². The zero-order valence-corrected chi connectivity index (χ0v) is 14.8. The Kier molecular flexibility index (Phi) is 4.45. The molecule has 3 atom stereocenters. The first-order chi connectivity index (χ1) is 10.8. The summed E-state index contributed by atoms with van der Waals surface area (Å²) in [6.45, 7) is 7.31. The van der Waals surface area contributed by atoms with E-state index in [0.717, 1.165) is 36.6 Å². The molecule has 0 aromatic heterocycles. The number of amides is 1. The molecule has 1 amide bonds. The molecule has 0 spiro atoms. The number of nitrogens with one attached hydrogen (secondary N) is 1. The fraction of sp³-hybridized carbons (Fsp3) is 0.611. The number of fused-ring (bicyclic) bond motifs is 1. The summed E-state index contributed by atoms with van der Waals surface area (Å²) in [5, 5.41) is 4.34. The smallest absolute Gasteiger partial charge is 0.410 e. The molecule has 2 aliphatic rings. The lowest BCUT2D eigenvalue weighted by atomic mass is 9.97. The minimum atomic E-state index is -0.437. The van der Waals surface area contributed by atoms with Gasteiger partial charge in [0.2, 0.25) is 0 Å². The molecule has 126 valence electrons. The van der Waals surface area contributed by atoms with Crippen LogP contribution in [0, 0.1) is 11.8 Å². The van der Waals surface area contributed by atoms with Crippen LogP contribution in [0.2, 0.25) is 5.02 Å². The molecular weight excluding hydrogens is 312 g/mol. The maximum Gasteiger partial charge on any atom is 0.410 e. The Morgan fingerprint density at radius 2 is 2.09 bits per heavy atom. The highest BCUT2D eigenvalue weighted by molar-refractivity contribution is 6.30. The summed E-state index contributed by atoms with van der Waals surface area (Å²) in [6.07, 6.45) is 2.11. The monoisotopic (exact) mass is 336 g/mol. The van der Waals surface area contributed by atoms with Crippen molar-refractivity contribution in [3.63, 3.8) is 0 Å². The van der Waals surface area contributed by atoms with E-state index in [2.05, 4.69) is 5.32 Å². The average Bonchev–Trinajstić information content (AvgIpc) is 2.99. The van der Waals surface area contributed by atoms with Crippen LogP contribution in [0.3, 0.4) is 0 Å². The first-order valence-corrected chi connectivity index (χ1v) is 8.70. The Morgan fingerprint density at radius 1 is 1.30 bits per heavy atom. The van der Waals surface area contributed by atoms with E-state index in [1.54, 1.807) is 0 Å². The number of hydrogen-bond acceptors (Lipinski definition) is 3. The molecule has 1 aliphatic carbocycles. The molecule has 1 saturated heterocycles. The molecule has 0 radical (unpaired) electrons. The fourth-order valence-corrected chi connectivity index (χ4v) is 3.90. The predicted molar refractivity (Wildman–Crippen MR) is 92.9 cm³/mol. The SMILES string of the molecule is CC(C)(C)OC(=O)N1CC2CCC(Nc3cccc(Cl)c3)C2C1. The zero-order chi connectivity index (χ0) is 16.6. The maximum atomic E-state index is 12.3. The van der Waals surface area contributed by atoms with Gasteiger partial charge >= 0.3 is 6.09 Å². The van der Waals surface area contributed by atoms with Gasteiger partial charge in [0, 0.05) is 35.8 Å². The van der Waals surface area contributed by atoms with Crippen LogP contribution in [-0.4, -0.2) is 35.7 Å². The number of rotatable bonds is 2. The van der Waals surface area contributed by atoms with Gasteiger partial charge in [0.15, 0.2) is 0 Å². The van der Waals surface area contributed by atoms with Crippen LogP contribution < -0.4 is 5.32 Å². The number of anilines is 1. The van der Waals surface area contributed by atoms with Crippen molar-refractivity contribution in [2.24, 2.45) is 11.8 Å². The van der Waals surface area contributed by atoms with Gasteiger partial charge in [-0.3, -0.25) is 0 Å². The third-order valence-electron chi connectivity index (χ3n) is 4.69. The van der Waals surface area contributed by atoms with Crippen LogP contribution in [0.4, 0.5) is 10.5 Å². The third kappa shape index (κ3) is 3.92. The Balaban J connectivity index is 1.61. The lowest BCUT2D eigenvalue weighted by Crippen LogP contribution is -2.37. The predicted octanol–water partition coefficient (Wildman–Crippen LogP) is 4.40. The minimum absolute atomic E-state index is 0.187. The van der Waals surface area contributed by atoms with Crippen molar-refractivity contribution < 1.29 is 9.53 Å². The second-order valence-corrected chi connectivity index (χ2v) is 8.08. The summed E-state index contributed by atoms with van der Waals surface area (Å²) in [7, 11) is 0. The standard InChI is InChI=1S/C18H25ClN2O2/c1-18(2,3)23-17(22)21-10-12-7-8-16(15(12)11-21)20-14-6-4-5-13(19)9-14/h4-6,9,12,15-16,20H,7-8,10-11H2,1-3H3. The Bertz CT molecular complexity index is 585. The van der Waals surface area contributed by atoms with Crippen molar-refractivity contribution in [2.45, 2.75) is 45.3 Å². The zero-order valence-electron chi connectivity index (χ0n) is 14.0. The summed E-state index contributed by atoms with van der Waals surface area (Å²) in [5.41, 5.74) is 0.617. The van der Waals surface area contributed by atoms with E-state index in [-0.39, 0.29) is 6.09 Å². The fourth-order valence-electron chi connectivity index (χ4n) is 3.71. The number of carbonyl (C=O) groups excluding carboxylic acids is 1. The van der Waals surface area contributed by atoms with E-state index in [4.69, 9.17) is 16.3 Å². The maximum absolute atomic E-state index is 12.3. The van der Waals surface area contributed by atoms with Gasteiger partial charge in [-0.05, 0) is 57.7 Å². The number of nitrogens with zero attached hydrogens (tertiary/aromatic N) is 1. The average molecular weight is 337 g/mol. The lowest BCUT2D eigenvalue weighted by Gasteiger charge is -2.26. The van der Waals surface area contributed by atoms with E-state index >= 15 is 0 Å². The van der Waals surface area contributed by atoms with Crippen molar-refractivity contribution in [3.05, 3.63) is 29.3 Å². The molecule has 1 N–H and O–H groups in total. The Hall–Kier alpha value is -1.42. The van der Waals surface area contributed by atoms with Gasteiger partial charge in [-0.1, -0.05) is 17.7 Å². The largest absolute Gasteiger partial charge is 0.444 e. The van der Waals surface area contributed by atoms with E-state index in [9.17, 15) is 4.79 Å². The summed E-state index contributed by atoms with van der Waals surface area (Å²) >= 11 is 6.06. The number of ether oxygens (including phenoxy) is 1. The summed E-state index contributed by atoms with van der Waals surface area (Å²) in [6, 6.07) is 8.23. The van der Waals surface area contributed by atoms with E-state index in [1.807, 2.05) is 49.9 Å². The van der Waals surface area contributed by atoms with Gasteiger partial charge in [0.1, 0.15) is 5.60 Å². The molecule has 1 aromatic rings. The third-order valence-corrected chi connectivity index (χ3v) is 4.92. The van der Waals surface area contributed by atoms with Gasteiger partial charge < -0.3 is 15.0 Å². The number of likely N-dealkylation sites (tertiary alicyclic amines) is 1. The normalized spacial score (nSPS) is 27.0. The van der Waals surface area contributed by atoms with Gasteiger partial charge in [-0.15, -0.1) is 0 Å². The van der Waals surface area contributed by atoms with Gasteiger partial charge in [-0.2, -0.15) is 0 Å². The summed E-state index contributed by atoms with van der Waals surface area (Å²) in [4.78, 5) is 14.1. The number of halogens is 1. The molecule has 5 heteroatoms. The molecular formula is C18H25ClN2O2. The highest BCUT2D eigenvalue weighted by Gasteiger charge is 2.44. The second-order valence-electron chi connectivity index (χ2n) is 7.65. The highest BCUT2D eigenvalue weighted by Crippen LogP contribution is 2.40. The van der Waals surface area contributed by atoms with Crippen molar-refractivity contribution >= 4 is 23.4 Å². The number of benzene rings is 1. The quantitative estimate of drug-likeness (QED) is 0.870. The molecule has 1 aliphatic heterocycles. The molecule has 3 unspecified atom stereocenters. The molecule has 1 aromatic carbocycles. The molecule has 2 fully saturated rings. The lowest BCUT2D eigenvalue weighted by molar-refractivity contribution is 0.0280. The van der Waals surface area contributed by atoms with Crippen LogP contribution in [0.25, 0.3) is 0 Å². The second kappa shape index (κ2) is 6.23. The number of hydrogen-bond donors (Lipinski definition) is 1. The minimum Gasteiger partial charge on any atom is -0.444 e. The van der Waals surface area contributed by atoms with Gasteiger partial charge in [-0.25, -0.2) is 4.79 Å². The number of carbonyl (C=O) groups is 1. The summed E-state index contributed by atoms with van der Waals surface area (Å²) < 4.78 is 5.51. The van der Waals surface area contributed by atoms with Gasteiger partial charge in [0.05, 0.1) is 0 Å². The topological polar surface area (TPSA) is 41.6 Å². The first-order valence-electron chi connectivity index (χ1n) is 8.32. The molecule has 1 saturated carbocycles. The summed E-state index contributed by atoms with van der Waals surface area (Å²) in [5.74, 6) is 1.06. The molecule has 3 rings (SSSR count). The van der Waals surface area contributed by atoms with Crippen LogP contribution in [-0.2, 0) is 4.74 Å². The molecule has 23 heavy (non-hydrogen) atoms. The highest BCUT2D eigenvalue weighted by atomic mass is 35.5. The van der Waals surface area contributed by atoms with Crippen molar-refractivity contribution in [1.29, 1.82) is 0 Å². The van der Waals surface area contributed by atoms with Crippen LogP contribution in [0.15, 0.2) is 24.3 Å². The molecule has 1 heterocycles. The van der Waals surface area contributed by atoms with Crippen LogP contribution >= 0.6 is 11.6 Å². The van der Waals surface area contributed by atoms with Gasteiger partial charge in [0.25, 0.3) is 0 Å². The molecule has 4 nitrogen and oxygen atoms in total. The Morgan fingerprint density at radius 3 is 2.78 bits per heavy atom. The first kappa shape index (κ1) is 16.4. The van der Waals surface area contributed by atoms with Crippen LogP contribution in [0.5, 0.6) is 0 Å². The van der Waals surface area contributed by atoms with Crippen molar-refractivity contribution in [3.8, 4) is 0 Å². The molecule has 0 bridgehead atoms. The van der Waals surface area contributed by atoms with Crippen molar-refractivity contribution in [1.82, 2.24) is 4.90 Å².